The molecule has 0 aromatic carbocycles. The van der Waals surface area contributed by atoms with Gasteiger partial charge in [0.1, 0.15) is 11.8 Å². The zero-order valence-electron chi connectivity index (χ0n) is 11.3. The van der Waals surface area contributed by atoms with Gasteiger partial charge in [0.2, 0.25) is 5.78 Å². The van der Waals surface area contributed by atoms with E-state index in [1.807, 2.05) is 6.92 Å². The Bertz CT molecular complexity index is 574. The molecule has 2 atom stereocenters. The molecule has 1 heterocycles. The number of aliphatic hydroxyl groups is 1. The zero-order valence-corrected chi connectivity index (χ0v) is 11.3. The second-order valence-corrected chi connectivity index (χ2v) is 4.57. The number of aliphatic hydroxyl groups excluding tert-OH is 1. The number of Topliss-reactive ketones (excluding diaryl/α,β-unsaturated/α-hetero) is 1. The third-order valence-corrected chi connectivity index (χ3v) is 3.56. The summed E-state index contributed by atoms with van der Waals surface area (Å²) in [5.74, 6) is -2.19. The molecule has 20 heavy (non-hydrogen) atoms. The van der Waals surface area contributed by atoms with Crippen molar-refractivity contribution in [2.24, 2.45) is 5.41 Å². The van der Waals surface area contributed by atoms with Crippen LogP contribution < -0.4 is 0 Å². The van der Waals surface area contributed by atoms with Gasteiger partial charge < -0.3 is 5.11 Å². The first-order valence-electron chi connectivity index (χ1n) is 6.15. The highest BCUT2D eigenvalue weighted by molar-refractivity contribution is 6.26. The summed E-state index contributed by atoms with van der Waals surface area (Å²) in [4.78, 5) is 41.6. The molecule has 2 rings (SSSR count). The van der Waals surface area contributed by atoms with E-state index < -0.39 is 29.0 Å². The normalized spacial score (nSPS) is 32.0. The number of rotatable bonds is 2. The molecule has 1 N–H and O–H groups in total. The third-order valence-electron chi connectivity index (χ3n) is 3.56. The standard InChI is InChI=1S/C14H15NO5/c1-4-5-9-6-7-10(16)12(18)14(9)11(17)8(2)15(20-3)13(14)19/h5-7,12,18H,2,4H2,1,3H3/b9-5-/t12-,14-/m1/s1. The molecule has 1 aliphatic heterocycles. The van der Waals surface area contributed by atoms with Gasteiger partial charge in [-0.15, -0.1) is 0 Å². The molecule has 6 nitrogen and oxygen atoms in total. The Morgan fingerprint density at radius 3 is 2.60 bits per heavy atom. The average molecular weight is 277 g/mol. The SMILES string of the molecule is C=C1C(=O)[C@]2(C(=O)N1OC)/C(=C\CC)C=CC(=O)[C@H]2O. The Morgan fingerprint density at radius 1 is 1.45 bits per heavy atom. The highest BCUT2D eigenvalue weighted by atomic mass is 16.7. The van der Waals surface area contributed by atoms with Gasteiger partial charge in [0.15, 0.2) is 11.2 Å². The van der Waals surface area contributed by atoms with E-state index in [1.54, 1.807) is 6.08 Å². The molecular weight excluding hydrogens is 262 g/mol. The van der Waals surface area contributed by atoms with E-state index >= 15 is 0 Å². The Morgan fingerprint density at radius 2 is 2.10 bits per heavy atom. The topological polar surface area (TPSA) is 83.9 Å². The van der Waals surface area contributed by atoms with Crippen LogP contribution >= 0.6 is 0 Å². The summed E-state index contributed by atoms with van der Waals surface area (Å²) in [7, 11) is 1.21. The highest BCUT2D eigenvalue weighted by Gasteiger charge is 2.65. The lowest BCUT2D eigenvalue weighted by molar-refractivity contribution is -0.170. The second kappa shape index (κ2) is 4.81. The van der Waals surface area contributed by atoms with Crippen LogP contribution in [-0.4, -0.2) is 40.9 Å². The first kappa shape index (κ1) is 14.4. The monoisotopic (exact) mass is 277 g/mol. The van der Waals surface area contributed by atoms with Crippen molar-refractivity contribution in [2.45, 2.75) is 19.4 Å². The van der Waals surface area contributed by atoms with Crippen LogP contribution in [0.5, 0.6) is 0 Å². The first-order chi connectivity index (χ1) is 9.42. The maximum absolute atomic E-state index is 12.5. The number of allylic oxidation sites excluding steroid dienone is 3. The van der Waals surface area contributed by atoms with E-state index in [2.05, 4.69) is 6.58 Å². The molecule has 1 amide bonds. The van der Waals surface area contributed by atoms with E-state index in [0.29, 0.717) is 12.0 Å². The molecule has 0 bridgehead atoms. The van der Waals surface area contributed by atoms with E-state index in [9.17, 15) is 19.5 Å². The van der Waals surface area contributed by atoms with Crippen LogP contribution in [0, 0.1) is 5.41 Å². The fraction of sp³-hybridized carbons (Fsp3) is 0.357. The van der Waals surface area contributed by atoms with Crippen LogP contribution in [-0.2, 0) is 19.2 Å². The van der Waals surface area contributed by atoms with Gasteiger partial charge in [-0.3, -0.25) is 19.2 Å². The van der Waals surface area contributed by atoms with Gasteiger partial charge in [-0.2, -0.15) is 5.06 Å². The van der Waals surface area contributed by atoms with E-state index in [0.717, 1.165) is 11.1 Å². The van der Waals surface area contributed by atoms with E-state index in [4.69, 9.17) is 4.84 Å². The first-order valence-corrected chi connectivity index (χ1v) is 6.15. The largest absolute Gasteiger partial charge is 0.383 e. The van der Waals surface area contributed by atoms with Crippen molar-refractivity contribution < 1.29 is 24.3 Å². The number of hydrogen-bond acceptors (Lipinski definition) is 5. The van der Waals surface area contributed by atoms with Crippen molar-refractivity contribution in [1.82, 2.24) is 5.06 Å². The van der Waals surface area contributed by atoms with Crippen molar-refractivity contribution in [3.8, 4) is 0 Å². The minimum atomic E-state index is -1.96. The molecular formula is C14H15NO5. The van der Waals surface area contributed by atoms with Crippen LogP contribution in [0.2, 0.25) is 0 Å². The second-order valence-electron chi connectivity index (χ2n) is 4.57. The summed E-state index contributed by atoms with van der Waals surface area (Å²) in [5, 5.41) is 10.9. The number of carbonyl (C=O) groups excluding carboxylic acids is 3. The van der Waals surface area contributed by atoms with Gasteiger partial charge in [-0.1, -0.05) is 25.7 Å². The fourth-order valence-corrected chi connectivity index (χ4v) is 2.60. The van der Waals surface area contributed by atoms with Crippen molar-refractivity contribution in [1.29, 1.82) is 0 Å². The molecule has 0 unspecified atom stereocenters. The molecule has 0 aromatic heterocycles. The van der Waals surface area contributed by atoms with Crippen molar-refractivity contribution in [3.05, 3.63) is 36.1 Å². The summed E-state index contributed by atoms with van der Waals surface area (Å²) in [6.07, 6.45) is 2.97. The van der Waals surface area contributed by atoms with Crippen LogP contribution in [0.1, 0.15) is 13.3 Å². The van der Waals surface area contributed by atoms with E-state index in [-0.39, 0.29) is 5.70 Å². The molecule has 106 valence electrons. The molecule has 0 radical (unpaired) electrons. The van der Waals surface area contributed by atoms with Gasteiger partial charge in [-0.25, -0.2) is 0 Å². The summed E-state index contributed by atoms with van der Waals surface area (Å²) < 4.78 is 0. The summed E-state index contributed by atoms with van der Waals surface area (Å²) in [6, 6.07) is 0. The maximum Gasteiger partial charge on any atom is 0.272 e. The van der Waals surface area contributed by atoms with Gasteiger partial charge in [-0.05, 0) is 18.1 Å². The average Bonchev–Trinajstić information content (AvgIpc) is 2.61. The minimum Gasteiger partial charge on any atom is -0.383 e. The predicted octanol–water partition coefficient (Wildman–Crippen LogP) is 0.295. The quantitative estimate of drug-likeness (QED) is 0.579. The van der Waals surface area contributed by atoms with Crippen molar-refractivity contribution in [2.75, 3.05) is 7.11 Å². The number of hydrogen-bond donors (Lipinski definition) is 1. The lowest BCUT2D eigenvalue weighted by atomic mass is 9.68. The third kappa shape index (κ3) is 1.55. The van der Waals surface area contributed by atoms with Crippen LogP contribution in [0.4, 0.5) is 0 Å². The van der Waals surface area contributed by atoms with Crippen LogP contribution in [0.3, 0.4) is 0 Å². The van der Waals surface area contributed by atoms with Crippen LogP contribution in [0.25, 0.3) is 0 Å². The zero-order chi connectivity index (χ0) is 15.1. The maximum atomic E-state index is 12.5. The van der Waals surface area contributed by atoms with Gasteiger partial charge in [0.25, 0.3) is 5.91 Å². The Balaban J connectivity index is 2.72. The Kier molecular flexibility index (Phi) is 3.45. The predicted molar refractivity (Wildman–Crippen MR) is 69.0 cm³/mol. The number of hydroxylamine groups is 2. The van der Waals surface area contributed by atoms with Crippen molar-refractivity contribution >= 4 is 17.5 Å². The minimum absolute atomic E-state index is 0.193. The molecule has 0 saturated carbocycles. The summed E-state index contributed by atoms with van der Waals surface area (Å²) >= 11 is 0. The van der Waals surface area contributed by atoms with Gasteiger partial charge >= 0.3 is 0 Å². The molecule has 0 aromatic rings. The molecule has 6 heteroatoms. The van der Waals surface area contributed by atoms with E-state index in [1.165, 1.54) is 13.2 Å². The summed E-state index contributed by atoms with van der Waals surface area (Å²) in [5.41, 5.74) is -1.86. The van der Waals surface area contributed by atoms with Crippen molar-refractivity contribution in [3.63, 3.8) is 0 Å². The van der Waals surface area contributed by atoms with Gasteiger partial charge in [0, 0.05) is 0 Å². The molecule has 2 aliphatic rings. The fourth-order valence-electron chi connectivity index (χ4n) is 2.60. The molecule has 1 aliphatic carbocycles. The molecule has 1 saturated heterocycles. The highest BCUT2D eigenvalue weighted by Crippen LogP contribution is 2.46. The number of nitrogens with zero attached hydrogens (tertiary/aromatic N) is 1. The Labute approximate surface area is 116 Å². The Hall–Kier alpha value is -2.05. The van der Waals surface area contributed by atoms with Gasteiger partial charge in [0.05, 0.1) is 7.11 Å². The number of carbonyl (C=O) groups is 3. The smallest absolute Gasteiger partial charge is 0.272 e. The lowest BCUT2D eigenvalue weighted by Gasteiger charge is -2.32. The number of amides is 1. The van der Waals surface area contributed by atoms with Crippen LogP contribution in [0.15, 0.2) is 36.1 Å². The lowest BCUT2D eigenvalue weighted by Crippen LogP contribution is -2.52. The molecule has 1 fully saturated rings. The summed E-state index contributed by atoms with van der Waals surface area (Å²) in [6.45, 7) is 5.32. The number of ketones is 2. The molecule has 1 spiro atoms.